The van der Waals surface area contributed by atoms with Crippen molar-refractivity contribution < 1.29 is 4.39 Å². The first kappa shape index (κ1) is 16.0. The first-order chi connectivity index (χ1) is 8.56. The fourth-order valence-electron chi connectivity index (χ4n) is 1.61. The number of nitrogens with one attached hydrogen (secondary N) is 1. The van der Waals surface area contributed by atoms with Crippen LogP contribution in [0.4, 0.5) is 4.39 Å². The molecule has 18 heavy (non-hydrogen) atoms. The van der Waals surface area contributed by atoms with Gasteiger partial charge in [-0.1, -0.05) is 29.8 Å². The minimum absolute atomic E-state index is 0.119. The highest BCUT2D eigenvalue weighted by Crippen LogP contribution is 2.20. The Morgan fingerprint density at radius 2 is 2.17 bits per heavy atom. The van der Waals surface area contributed by atoms with Crippen LogP contribution in [0.3, 0.4) is 0 Å². The molecule has 2 atom stereocenters. The van der Waals surface area contributed by atoms with Gasteiger partial charge in [-0.05, 0) is 43.7 Å². The molecule has 0 aromatic heterocycles. The first-order valence-electron chi connectivity index (χ1n) is 6.29. The Hall–Kier alpha value is -0.0600. The molecule has 1 N–H and O–H groups in total. The molecular weight excluding hydrogens is 313 g/mol. The van der Waals surface area contributed by atoms with E-state index in [1.54, 1.807) is 6.07 Å². The van der Waals surface area contributed by atoms with Gasteiger partial charge in [-0.2, -0.15) is 11.8 Å². The minimum Gasteiger partial charge on any atom is -0.316 e. The molecular formula is C14H21BrFNS. The fraction of sp³-hybridized carbons (Fsp3) is 0.571. The van der Waals surface area contributed by atoms with E-state index in [0.29, 0.717) is 11.3 Å². The lowest BCUT2D eigenvalue weighted by Crippen LogP contribution is -2.31. The van der Waals surface area contributed by atoms with Gasteiger partial charge in [0.05, 0.1) is 0 Å². The fourth-order valence-corrected chi connectivity index (χ4v) is 3.10. The summed E-state index contributed by atoms with van der Waals surface area (Å²) in [5.74, 6) is 0.893. The molecule has 102 valence electrons. The second-order valence-corrected chi connectivity index (χ2v) is 6.86. The summed E-state index contributed by atoms with van der Waals surface area (Å²) < 4.78 is 14.6. The van der Waals surface area contributed by atoms with Gasteiger partial charge in [0.2, 0.25) is 0 Å². The Morgan fingerprint density at radius 3 is 2.78 bits per heavy atom. The van der Waals surface area contributed by atoms with Gasteiger partial charge in [-0.3, -0.25) is 0 Å². The Kier molecular flexibility index (Phi) is 7.27. The highest BCUT2D eigenvalue weighted by molar-refractivity contribution is 9.10. The van der Waals surface area contributed by atoms with Crippen molar-refractivity contribution in [3.63, 3.8) is 0 Å². The zero-order chi connectivity index (χ0) is 13.5. The quantitative estimate of drug-likeness (QED) is 0.800. The maximum absolute atomic E-state index is 13.7. The molecule has 0 spiro atoms. The van der Waals surface area contributed by atoms with E-state index in [0.717, 1.165) is 22.2 Å². The zero-order valence-electron chi connectivity index (χ0n) is 11.2. The van der Waals surface area contributed by atoms with Crippen molar-refractivity contribution in [3.05, 3.63) is 34.1 Å². The van der Waals surface area contributed by atoms with Crippen molar-refractivity contribution >= 4 is 27.7 Å². The summed E-state index contributed by atoms with van der Waals surface area (Å²) in [6, 6.07) is 5.44. The van der Waals surface area contributed by atoms with Crippen LogP contribution in [0.25, 0.3) is 0 Å². The van der Waals surface area contributed by atoms with E-state index in [4.69, 9.17) is 0 Å². The maximum atomic E-state index is 13.7. The zero-order valence-corrected chi connectivity index (χ0v) is 13.6. The highest BCUT2D eigenvalue weighted by Gasteiger charge is 2.12. The summed E-state index contributed by atoms with van der Waals surface area (Å²) in [6.07, 6.45) is 1.90. The van der Waals surface area contributed by atoms with Gasteiger partial charge in [-0.15, -0.1) is 0 Å². The molecule has 0 radical (unpaired) electrons. The van der Waals surface area contributed by atoms with Gasteiger partial charge < -0.3 is 5.32 Å². The molecule has 0 amide bonds. The molecule has 0 saturated carbocycles. The second kappa shape index (κ2) is 8.18. The van der Waals surface area contributed by atoms with E-state index in [2.05, 4.69) is 35.1 Å². The molecule has 1 aromatic rings. The molecule has 0 saturated heterocycles. The van der Waals surface area contributed by atoms with Crippen LogP contribution in [0.15, 0.2) is 22.7 Å². The van der Waals surface area contributed by atoms with Crippen LogP contribution in [-0.4, -0.2) is 24.1 Å². The van der Waals surface area contributed by atoms with Crippen LogP contribution >= 0.6 is 27.7 Å². The summed E-state index contributed by atoms with van der Waals surface area (Å²) in [5.41, 5.74) is 0.772. The van der Waals surface area contributed by atoms with E-state index < -0.39 is 0 Å². The third kappa shape index (κ3) is 5.29. The molecule has 1 aromatic carbocycles. The van der Waals surface area contributed by atoms with Crippen molar-refractivity contribution in [2.24, 2.45) is 0 Å². The molecule has 0 aliphatic heterocycles. The van der Waals surface area contributed by atoms with Gasteiger partial charge in [0.15, 0.2) is 0 Å². The first-order valence-corrected chi connectivity index (χ1v) is 8.13. The van der Waals surface area contributed by atoms with E-state index in [1.807, 2.05) is 24.9 Å². The van der Waals surface area contributed by atoms with Crippen LogP contribution < -0.4 is 5.32 Å². The van der Waals surface area contributed by atoms with Gasteiger partial charge >= 0.3 is 0 Å². The third-order valence-corrected chi connectivity index (χ3v) is 5.03. The average molecular weight is 334 g/mol. The predicted octanol–water partition coefficient (Wildman–Crippen LogP) is 4.25. The lowest BCUT2D eigenvalue weighted by Gasteiger charge is -2.18. The number of likely N-dealkylation sites (N-methyl/N-ethyl adjacent to an activating group) is 1. The summed E-state index contributed by atoms with van der Waals surface area (Å²) in [5, 5.41) is 3.93. The molecule has 0 bridgehead atoms. The van der Waals surface area contributed by atoms with Crippen LogP contribution in [-0.2, 0) is 6.42 Å². The Labute approximate surface area is 122 Å². The summed E-state index contributed by atoms with van der Waals surface area (Å²) in [7, 11) is 1.94. The topological polar surface area (TPSA) is 12.0 Å². The largest absolute Gasteiger partial charge is 0.316 e. The van der Waals surface area contributed by atoms with E-state index >= 15 is 0 Å². The van der Waals surface area contributed by atoms with E-state index in [9.17, 15) is 4.39 Å². The van der Waals surface area contributed by atoms with Crippen LogP contribution in [0.1, 0.15) is 25.8 Å². The molecule has 1 nitrogen and oxygen atoms in total. The number of halogens is 2. The number of rotatable bonds is 7. The summed E-state index contributed by atoms with van der Waals surface area (Å²) >= 11 is 5.33. The lowest BCUT2D eigenvalue weighted by atomic mass is 10.1. The standard InChI is InChI=1S/C14H21BrFNS/c1-4-10(2)18-9-13(17-3)8-11-7-12(15)5-6-14(11)16/h5-7,10,13,17H,4,8-9H2,1-3H3. The molecule has 1 rings (SSSR count). The number of hydrogen-bond donors (Lipinski definition) is 1. The van der Waals surface area contributed by atoms with Crippen molar-refractivity contribution in [2.75, 3.05) is 12.8 Å². The van der Waals surface area contributed by atoms with Crippen molar-refractivity contribution in [1.29, 1.82) is 0 Å². The SMILES string of the molecule is CCC(C)SCC(Cc1cc(Br)ccc1F)NC. The van der Waals surface area contributed by atoms with Crippen molar-refractivity contribution in [2.45, 2.75) is 38.0 Å². The molecule has 0 aliphatic rings. The highest BCUT2D eigenvalue weighted by atomic mass is 79.9. The van der Waals surface area contributed by atoms with E-state index in [-0.39, 0.29) is 5.82 Å². The number of benzene rings is 1. The molecule has 0 heterocycles. The average Bonchev–Trinajstić information content (AvgIpc) is 2.37. The molecule has 0 aliphatic carbocycles. The summed E-state index contributed by atoms with van der Waals surface area (Å²) in [4.78, 5) is 0. The lowest BCUT2D eigenvalue weighted by molar-refractivity contribution is 0.567. The molecule has 2 unspecified atom stereocenters. The normalized spacial score (nSPS) is 14.5. The second-order valence-electron chi connectivity index (χ2n) is 4.48. The van der Waals surface area contributed by atoms with Gasteiger partial charge in [0, 0.05) is 21.5 Å². The van der Waals surface area contributed by atoms with Crippen LogP contribution in [0, 0.1) is 5.82 Å². The number of thioether (sulfide) groups is 1. The summed E-state index contributed by atoms with van der Waals surface area (Å²) in [6.45, 7) is 4.43. The van der Waals surface area contributed by atoms with Crippen molar-refractivity contribution in [1.82, 2.24) is 5.32 Å². The number of hydrogen-bond acceptors (Lipinski definition) is 2. The van der Waals surface area contributed by atoms with Gasteiger partial charge in [0.1, 0.15) is 5.82 Å². The molecule has 4 heteroatoms. The molecule has 0 fully saturated rings. The Balaban J connectivity index is 2.59. The Bertz CT molecular complexity index is 373. The maximum Gasteiger partial charge on any atom is 0.126 e. The van der Waals surface area contributed by atoms with Gasteiger partial charge in [-0.25, -0.2) is 4.39 Å². The monoisotopic (exact) mass is 333 g/mol. The van der Waals surface area contributed by atoms with Gasteiger partial charge in [0.25, 0.3) is 0 Å². The minimum atomic E-state index is -0.119. The predicted molar refractivity (Wildman–Crippen MR) is 82.9 cm³/mol. The smallest absolute Gasteiger partial charge is 0.126 e. The van der Waals surface area contributed by atoms with Crippen LogP contribution in [0.2, 0.25) is 0 Å². The van der Waals surface area contributed by atoms with Crippen molar-refractivity contribution in [3.8, 4) is 0 Å². The van der Waals surface area contributed by atoms with Crippen LogP contribution in [0.5, 0.6) is 0 Å². The third-order valence-electron chi connectivity index (χ3n) is 3.04. The Morgan fingerprint density at radius 1 is 1.44 bits per heavy atom. The van der Waals surface area contributed by atoms with E-state index in [1.165, 1.54) is 12.5 Å².